The van der Waals surface area contributed by atoms with Crippen molar-refractivity contribution >= 4 is 22.2 Å². The van der Waals surface area contributed by atoms with Gasteiger partial charge in [0.25, 0.3) is 0 Å². The Morgan fingerprint density at radius 3 is 2.81 bits per heavy atom. The van der Waals surface area contributed by atoms with E-state index < -0.39 is 0 Å². The molecule has 0 spiro atoms. The molecule has 0 unspecified atom stereocenters. The van der Waals surface area contributed by atoms with Crippen LogP contribution in [0.4, 0.5) is 0 Å². The number of aromatic nitrogens is 4. The molecule has 7 nitrogen and oxygen atoms in total. The summed E-state index contributed by atoms with van der Waals surface area (Å²) in [5.41, 5.74) is 1.13. The van der Waals surface area contributed by atoms with Crippen LogP contribution in [-0.4, -0.2) is 39.4 Å². The third-order valence-corrected chi connectivity index (χ3v) is 5.42. The van der Waals surface area contributed by atoms with Crippen LogP contribution in [0.5, 0.6) is 5.75 Å². The Balaban J connectivity index is 1.23. The van der Waals surface area contributed by atoms with Crippen LogP contribution in [0.3, 0.4) is 0 Å². The molecule has 0 saturated heterocycles. The normalized spacial score (nSPS) is 13.9. The van der Waals surface area contributed by atoms with Crippen LogP contribution in [0, 0.1) is 0 Å². The van der Waals surface area contributed by atoms with Gasteiger partial charge in [0.1, 0.15) is 10.8 Å². The van der Waals surface area contributed by atoms with Gasteiger partial charge in [-0.3, -0.25) is 4.79 Å². The number of amides is 1. The summed E-state index contributed by atoms with van der Waals surface area (Å²) in [5.74, 6) is 2.39. The molecule has 26 heavy (non-hydrogen) atoms. The monoisotopic (exact) mass is 371 g/mol. The first-order valence-electron chi connectivity index (χ1n) is 8.83. The molecular weight excluding hydrogens is 350 g/mol. The Bertz CT molecular complexity index is 898. The highest BCUT2D eigenvalue weighted by Gasteiger charge is 2.29. The lowest BCUT2D eigenvalue weighted by molar-refractivity contribution is -0.121. The van der Waals surface area contributed by atoms with E-state index in [-0.39, 0.29) is 5.91 Å². The summed E-state index contributed by atoms with van der Waals surface area (Å²) in [7, 11) is 1.64. The van der Waals surface area contributed by atoms with Crippen molar-refractivity contribution in [3.8, 4) is 5.75 Å². The smallest absolute Gasteiger partial charge is 0.234 e. The number of aryl methyl sites for hydroxylation is 1. The van der Waals surface area contributed by atoms with Gasteiger partial charge in [-0.15, -0.1) is 10.2 Å². The Morgan fingerprint density at radius 1 is 1.27 bits per heavy atom. The topological polar surface area (TPSA) is 81.4 Å². The summed E-state index contributed by atoms with van der Waals surface area (Å²) in [5, 5.41) is 16.9. The van der Waals surface area contributed by atoms with Crippen LogP contribution in [0.15, 0.2) is 24.3 Å². The molecule has 2 aromatic heterocycles. The minimum absolute atomic E-state index is 0.0579. The van der Waals surface area contributed by atoms with Crippen LogP contribution in [0.25, 0.3) is 4.96 Å². The SMILES string of the molecule is COc1ccc(CCC(=O)NCCc2nn3c(C4CC4)nnc3s2)cc1. The highest BCUT2D eigenvalue weighted by Crippen LogP contribution is 2.39. The van der Waals surface area contributed by atoms with Gasteiger partial charge in [0.15, 0.2) is 5.82 Å². The second-order valence-corrected chi connectivity index (χ2v) is 7.51. The maximum Gasteiger partial charge on any atom is 0.234 e. The molecule has 0 aliphatic heterocycles. The molecular formula is C18H21N5O2S. The number of carbonyl (C=O) groups is 1. The van der Waals surface area contributed by atoms with E-state index in [1.54, 1.807) is 18.4 Å². The molecule has 4 rings (SSSR count). The van der Waals surface area contributed by atoms with Gasteiger partial charge < -0.3 is 10.1 Å². The lowest BCUT2D eigenvalue weighted by Crippen LogP contribution is -2.25. The van der Waals surface area contributed by atoms with Gasteiger partial charge in [-0.05, 0) is 37.0 Å². The van der Waals surface area contributed by atoms with Crippen LogP contribution < -0.4 is 10.1 Å². The average molecular weight is 371 g/mol. The molecule has 3 aromatic rings. The fourth-order valence-corrected chi connectivity index (χ4v) is 3.66. The first-order valence-corrected chi connectivity index (χ1v) is 9.65. The van der Waals surface area contributed by atoms with E-state index in [1.165, 1.54) is 12.8 Å². The molecule has 1 aromatic carbocycles. The van der Waals surface area contributed by atoms with E-state index >= 15 is 0 Å². The number of fused-ring (bicyclic) bond motifs is 1. The largest absolute Gasteiger partial charge is 0.497 e. The Morgan fingerprint density at radius 2 is 2.08 bits per heavy atom. The second-order valence-electron chi connectivity index (χ2n) is 6.47. The molecule has 1 aliphatic carbocycles. The first kappa shape index (κ1) is 17.0. The molecule has 1 fully saturated rings. The van der Waals surface area contributed by atoms with Crippen LogP contribution >= 0.6 is 11.3 Å². The van der Waals surface area contributed by atoms with Gasteiger partial charge in [0.2, 0.25) is 10.9 Å². The third-order valence-electron chi connectivity index (χ3n) is 4.46. The highest BCUT2D eigenvalue weighted by atomic mass is 32.1. The lowest BCUT2D eigenvalue weighted by atomic mass is 10.1. The first-order chi connectivity index (χ1) is 12.7. The summed E-state index contributed by atoms with van der Waals surface area (Å²) in [4.78, 5) is 12.9. The number of benzene rings is 1. The number of nitrogens with zero attached hydrogens (tertiary/aromatic N) is 4. The Hall–Kier alpha value is -2.48. The van der Waals surface area contributed by atoms with E-state index in [0.29, 0.717) is 25.3 Å². The van der Waals surface area contributed by atoms with E-state index in [2.05, 4.69) is 20.6 Å². The molecule has 1 saturated carbocycles. The van der Waals surface area contributed by atoms with E-state index in [1.807, 2.05) is 28.8 Å². The summed E-state index contributed by atoms with van der Waals surface area (Å²) in [6.07, 6.45) is 4.27. The predicted octanol–water partition coefficient (Wildman–Crippen LogP) is 2.36. The molecule has 0 atom stereocenters. The highest BCUT2D eigenvalue weighted by molar-refractivity contribution is 7.16. The summed E-state index contributed by atoms with van der Waals surface area (Å²) < 4.78 is 7.00. The quantitative estimate of drug-likeness (QED) is 0.657. The van der Waals surface area contributed by atoms with Crippen molar-refractivity contribution in [2.75, 3.05) is 13.7 Å². The van der Waals surface area contributed by atoms with E-state index in [9.17, 15) is 4.79 Å². The zero-order chi connectivity index (χ0) is 17.9. The zero-order valence-corrected chi connectivity index (χ0v) is 15.5. The van der Waals surface area contributed by atoms with Gasteiger partial charge in [0, 0.05) is 25.3 Å². The molecule has 1 N–H and O–H groups in total. The molecule has 136 valence electrons. The van der Waals surface area contributed by atoms with Crippen molar-refractivity contribution in [2.24, 2.45) is 0 Å². The van der Waals surface area contributed by atoms with E-state index in [4.69, 9.17) is 4.74 Å². The van der Waals surface area contributed by atoms with Crippen molar-refractivity contribution < 1.29 is 9.53 Å². The fraction of sp³-hybridized carbons (Fsp3) is 0.444. The van der Waals surface area contributed by atoms with Gasteiger partial charge in [0.05, 0.1) is 7.11 Å². The van der Waals surface area contributed by atoms with Crippen molar-refractivity contribution in [1.82, 2.24) is 25.1 Å². The fourth-order valence-electron chi connectivity index (χ4n) is 2.82. The zero-order valence-electron chi connectivity index (χ0n) is 14.6. The number of carbonyl (C=O) groups excluding carboxylic acids is 1. The minimum Gasteiger partial charge on any atom is -0.497 e. The average Bonchev–Trinajstić information content (AvgIpc) is 3.30. The summed E-state index contributed by atoms with van der Waals surface area (Å²) in [6, 6.07) is 7.81. The number of nitrogens with one attached hydrogen (secondary N) is 1. The Labute approximate surface area is 155 Å². The van der Waals surface area contributed by atoms with Gasteiger partial charge >= 0.3 is 0 Å². The standard InChI is InChI=1S/C18H21N5O2S/c1-25-14-7-2-12(3-8-14)4-9-15(24)19-11-10-16-22-23-17(13-5-6-13)20-21-18(23)26-16/h2-3,7-8,13H,4-6,9-11H2,1H3,(H,19,24). The number of rotatable bonds is 8. The van der Waals surface area contributed by atoms with Gasteiger partial charge in [-0.25, -0.2) is 0 Å². The lowest BCUT2D eigenvalue weighted by Gasteiger charge is -2.05. The van der Waals surface area contributed by atoms with Gasteiger partial charge in [-0.1, -0.05) is 23.5 Å². The van der Waals surface area contributed by atoms with Crippen molar-refractivity contribution in [1.29, 1.82) is 0 Å². The predicted molar refractivity (Wildman–Crippen MR) is 98.7 cm³/mol. The van der Waals surface area contributed by atoms with Crippen molar-refractivity contribution in [3.05, 3.63) is 40.7 Å². The summed E-state index contributed by atoms with van der Waals surface area (Å²) in [6.45, 7) is 0.588. The maximum absolute atomic E-state index is 12.0. The molecule has 8 heteroatoms. The number of methoxy groups -OCH3 is 1. The Kier molecular flexibility index (Phi) is 4.83. The third kappa shape index (κ3) is 3.85. The number of hydrogen-bond acceptors (Lipinski definition) is 6. The molecule has 2 heterocycles. The second kappa shape index (κ2) is 7.41. The van der Waals surface area contributed by atoms with Gasteiger partial charge in [-0.2, -0.15) is 9.61 Å². The summed E-state index contributed by atoms with van der Waals surface area (Å²) >= 11 is 1.54. The van der Waals surface area contributed by atoms with Crippen molar-refractivity contribution in [3.63, 3.8) is 0 Å². The number of hydrogen-bond donors (Lipinski definition) is 1. The van der Waals surface area contributed by atoms with Crippen molar-refractivity contribution in [2.45, 2.75) is 38.0 Å². The molecule has 0 bridgehead atoms. The molecule has 0 radical (unpaired) electrons. The molecule has 1 aliphatic rings. The van der Waals surface area contributed by atoms with Crippen LogP contribution in [0.2, 0.25) is 0 Å². The molecule has 1 amide bonds. The van der Waals surface area contributed by atoms with E-state index in [0.717, 1.165) is 33.5 Å². The van der Waals surface area contributed by atoms with Crippen LogP contribution in [-0.2, 0) is 17.6 Å². The maximum atomic E-state index is 12.0. The van der Waals surface area contributed by atoms with Crippen LogP contribution in [0.1, 0.15) is 41.6 Å². The minimum atomic E-state index is 0.0579. The number of ether oxygens (including phenoxy) is 1.